The topological polar surface area (TPSA) is 21.3 Å². The minimum atomic E-state index is 0.826. The molecule has 2 nitrogen and oxygen atoms in total. The molecule has 0 aliphatic carbocycles. The number of benzene rings is 1. The van der Waals surface area contributed by atoms with Crippen LogP contribution in [0, 0.1) is 19.8 Å². The van der Waals surface area contributed by atoms with Crippen molar-refractivity contribution in [2.24, 2.45) is 5.92 Å². The van der Waals surface area contributed by atoms with Crippen molar-refractivity contribution in [3.8, 4) is 5.75 Å². The summed E-state index contributed by atoms with van der Waals surface area (Å²) in [5.74, 6) is 4.46. The van der Waals surface area contributed by atoms with Gasteiger partial charge in [-0.3, -0.25) is 0 Å². The molecule has 1 aromatic carbocycles. The molecule has 94 valence electrons. The molecule has 0 aromatic heterocycles. The van der Waals surface area contributed by atoms with E-state index in [1.807, 2.05) is 0 Å². The molecular weight excluding hydrogens is 230 g/mol. The van der Waals surface area contributed by atoms with Crippen LogP contribution in [0.2, 0.25) is 0 Å². The van der Waals surface area contributed by atoms with Crippen LogP contribution in [0.25, 0.3) is 0 Å². The Morgan fingerprint density at radius 1 is 1.41 bits per heavy atom. The zero-order valence-electron chi connectivity index (χ0n) is 10.9. The molecule has 1 heterocycles. The number of ether oxygens (including phenoxy) is 1. The highest BCUT2D eigenvalue weighted by atomic mass is 32.2. The van der Waals surface area contributed by atoms with Gasteiger partial charge in [-0.2, -0.15) is 11.8 Å². The van der Waals surface area contributed by atoms with Crippen molar-refractivity contribution >= 4 is 17.4 Å². The maximum Gasteiger partial charge on any atom is 0.126 e. The van der Waals surface area contributed by atoms with Crippen molar-refractivity contribution in [3.63, 3.8) is 0 Å². The Kier molecular flexibility index (Phi) is 4.21. The average Bonchev–Trinajstić information content (AvgIpc) is 2.82. The highest BCUT2D eigenvalue weighted by Gasteiger charge is 2.15. The van der Waals surface area contributed by atoms with Crippen LogP contribution in [-0.4, -0.2) is 25.2 Å². The summed E-state index contributed by atoms with van der Waals surface area (Å²) in [6.07, 6.45) is 1.35. The summed E-state index contributed by atoms with van der Waals surface area (Å²) in [7, 11) is 1.74. The van der Waals surface area contributed by atoms with Crippen LogP contribution in [0.3, 0.4) is 0 Å². The Bertz CT molecular complexity index is 386. The first kappa shape index (κ1) is 12.6. The quantitative estimate of drug-likeness (QED) is 0.885. The Labute approximate surface area is 108 Å². The van der Waals surface area contributed by atoms with E-state index in [0.717, 1.165) is 18.2 Å². The van der Waals surface area contributed by atoms with Crippen LogP contribution in [0.15, 0.2) is 12.1 Å². The lowest BCUT2D eigenvalue weighted by atomic mass is 10.1. The fraction of sp³-hybridized carbons (Fsp3) is 0.571. The standard InChI is InChI=1S/C14H21NOS/c1-10-4-5-13(11(2)14(10)16-3)15-8-12-6-7-17-9-12/h4-5,12,15H,6-9H2,1-3H3. The zero-order chi connectivity index (χ0) is 12.3. The van der Waals surface area contributed by atoms with Gasteiger partial charge in [-0.05, 0) is 49.3 Å². The van der Waals surface area contributed by atoms with E-state index in [1.165, 1.54) is 34.7 Å². The van der Waals surface area contributed by atoms with Crippen LogP contribution in [0.5, 0.6) is 5.75 Å². The van der Waals surface area contributed by atoms with Crippen molar-refractivity contribution in [2.45, 2.75) is 20.3 Å². The number of rotatable bonds is 4. The number of anilines is 1. The molecule has 1 saturated heterocycles. The highest BCUT2D eigenvalue weighted by molar-refractivity contribution is 7.99. The third-order valence-corrected chi connectivity index (χ3v) is 4.64. The van der Waals surface area contributed by atoms with E-state index < -0.39 is 0 Å². The van der Waals surface area contributed by atoms with Crippen molar-refractivity contribution in [2.75, 3.05) is 30.5 Å². The fourth-order valence-corrected chi connectivity index (χ4v) is 3.62. The third-order valence-electron chi connectivity index (χ3n) is 3.41. The second-order valence-electron chi connectivity index (χ2n) is 4.70. The van der Waals surface area contributed by atoms with Gasteiger partial charge in [0.05, 0.1) is 7.11 Å². The smallest absolute Gasteiger partial charge is 0.126 e. The SMILES string of the molecule is COc1c(C)ccc(NCC2CCSC2)c1C. The van der Waals surface area contributed by atoms with Gasteiger partial charge in [-0.25, -0.2) is 0 Å². The molecule has 1 aromatic rings. The normalized spacial score (nSPS) is 19.4. The van der Waals surface area contributed by atoms with Crippen LogP contribution >= 0.6 is 11.8 Å². The first-order chi connectivity index (χ1) is 8.22. The molecule has 0 spiro atoms. The molecule has 1 unspecified atom stereocenters. The predicted octanol–water partition coefficient (Wildman–Crippen LogP) is 3.48. The van der Waals surface area contributed by atoms with Gasteiger partial charge in [0.25, 0.3) is 0 Å². The Balaban J connectivity index is 2.05. The molecule has 17 heavy (non-hydrogen) atoms. The van der Waals surface area contributed by atoms with E-state index >= 15 is 0 Å². The molecule has 0 radical (unpaired) electrons. The molecule has 0 amide bonds. The summed E-state index contributed by atoms with van der Waals surface area (Å²) in [6, 6.07) is 4.28. The van der Waals surface area contributed by atoms with Gasteiger partial charge in [0.2, 0.25) is 0 Å². The molecule has 1 aliphatic rings. The summed E-state index contributed by atoms with van der Waals surface area (Å²) in [5.41, 5.74) is 3.63. The fourth-order valence-electron chi connectivity index (χ4n) is 2.33. The van der Waals surface area contributed by atoms with Gasteiger partial charge in [0, 0.05) is 17.8 Å². The van der Waals surface area contributed by atoms with Gasteiger partial charge < -0.3 is 10.1 Å². The number of hydrogen-bond donors (Lipinski definition) is 1. The lowest BCUT2D eigenvalue weighted by Gasteiger charge is -2.16. The molecule has 0 bridgehead atoms. The van der Waals surface area contributed by atoms with Crippen LogP contribution in [0.1, 0.15) is 17.5 Å². The molecule has 0 saturated carbocycles. The molecular formula is C14H21NOS. The van der Waals surface area contributed by atoms with Crippen molar-refractivity contribution in [1.82, 2.24) is 0 Å². The first-order valence-corrected chi connectivity index (χ1v) is 7.33. The highest BCUT2D eigenvalue weighted by Crippen LogP contribution is 2.30. The third kappa shape index (κ3) is 2.89. The summed E-state index contributed by atoms with van der Waals surface area (Å²) in [6.45, 7) is 5.29. The van der Waals surface area contributed by atoms with Gasteiger partial charge in [0.1, 0.15) is 5.75 Å². The first-order valence-electron chi connectivity index (χ1n) is 6.18. The second kappa shape index (κ2) is 5.67. The largest absolute Gasteiger partial charge is 0.496 e. The predicted molar refractivity (Wildman–Crippen MR) is 76.4 cm³/mol. The Morgan fingerprint density at radius 2 is 2.24 bits per heavy atom. The molecule has 3 heteroatoms. The van der Waals surface area contributed by atoms with Gasteiger partial charge in [-0.15, -0.1) is 0 Å². The Hall–Kier alpha value is -0.830. The number of nitrogens with one attached hydrogen (secondary N) is 1. The number of hydrogen-bond acceptors (Lipinski definition) is 3. The summed E-state index contributed by atoms with van der Waals surface area (Å²) >= 11 is 2.07. The minimum Gasteiger partial charge on any atom is -0.496 e. The number of methoxy groups -OCH3 is 1. The lowest BCUT2D eigenvalue weighted by molar-refractivity contribution is 0.409. The van der Waals surface area contributed by atoms with Crippen molar-refractivity contribution < 1.29 is 4.74 Å². The van der Waals surface area contributed by atoms with Crippen LogP contribution in [-0.2, 0) is 0 Å². The lowest BCUT2D eigenvalue weighted by Crippen LogP contribution is -2.14. The second-order valence-corrected chi connectivity index (χ2v) is 5.85. The summed E-state index contributed by atoms with van der Waals surface area (Å²) in [4.78, 5) is 0. The summed E-state index contributed by atoms with van der Waals surface area (Å²) in [5, 5.41) is 3.56. The van der Waals surface area contributed by atoms with E-state index in [4.69, 9.17) is 4.74 Å². The van der Waals surface area contributed by atoms with Gasteiger partial charge >= 0.3 is 0 Å². The van der Waals surface area contributed by atoms with E-state index in [0.29, 0.717) is 0 Å². The van der Waals surface area contributed by atoms with Crippen molar-refractivity contribution in [3.05, 3.63) is 23.3 Å². The molecule has 1 aliphatic heterocycles. The van der Waals surface area contributed by atoms with Gasteiger partial charge in [-0.1, -0.05) is 6.07 Å². The van der Waals surface area contributed by atoms with E-state index in [9.17, 15) is 0 Å². The molecule has 1 fully saturated rings. The van der Waals surface area contributed by atoms with E-state index in [1.54, 1.807) is 7.11 Å². The van der Waals surface area contributed by atoms with Crippen molar-refractivity contribution in [1.29, 1.82) is 0 Å². The van der Waals surface area contributed by atoms with Gasteiger partial charge in [0.15, 0.2) is 0 Å². The monoisotopic (exact) mass is 251 g/mol. The molecule has 1 N–H and O–H groups in total. The van der Waals surface area contributed by atoms with Crippen LogP contribution in [0.4, 0.5) is 5.69 Å². The molecule has 1 atom stereocenters. The average molecular weight is 251 g/mol. The number of aryl methyl sites for hydroxylation is 1. The van der Waals surface area contributed by atoms with E-state index in [-0.39, 0.29) is 0 Å². The summed E-state index contributed by atoms with van der Waals surface area (Å²) < 4.78 is 5.44. The zero-order valence-corrected chi connectivity index (χ0v) is 11.7. The van der Waals surface area contributed by atoms with E-state index in [2.05, 4.69) is 43.1 Å². The molecule has 2 rings (SSSR count). The van der Waals surface area contributed by atoms with Crippen LogP contribution < -0.4 is 10.1 Å². The number of thioether (sulfide) groups is 1. The maximum atomic E-state index is 5.44. The minimum absolute atomic E-state index is 0.826. The Morgan fingerprint density at radius 3 is 2.88 bits per heavy atom. The maximum absolute atomic E-state index is 5.44.